The van der Waals surface area contributed by atoms with Gasteiger partial charge in [0.15, 0.2) is 0 Å². The molecule has 0 N–H and O–H groups in total. The summed E-state index contributed by atoms with van der Waals surface area (Å²) in [5.74, 6) is -0.261. The van der Waals surface area contributed by atoms with Crippen molar-refractivity contribution in [2.24, 2.45) is 0 Å². The second-order valence-electron chi connectivity index (χ2n) is 13.5. The van der Waals surface area contributed by atoms with Crippen molar-refractivity contribution in [1.29, 1.82) is 0 Å². The summed E-state index contributed by atoms with van der Waals surface area (Å²) in [7, 11) is 0. The van der Waals surface area contributed by atoms with Gasteiger partial charge in [-0.2, -0.15) is 0 Å². The van der Waals surface area contributed by atoms with Crippen LogP contribution in [0.25, 0.3) is 75.2 Å². The molecule has 0 aliphatic heterocycles. The van der Waals surface area contributed by atoms with Gasteiger partial charge in [-0.3, -0.25) is 0 Å². The Morgan fingerprint density at radius 2 is 1.00 bits per heavy atom. The van der Waals surface area contributed by atoms with Gasteiger partial charge in [0.1, 0.15) is 5.82 Å². The number of benzene rings is 8. The van der Waals surface area contributed by atoms with Crippen molar-refractivity contribution < 1.29 is 4.39 Å². The number of para-hydroxylation sites is 4. The molecule has 0 aliphatic carbocycles. The van der Waals surface area contributed by atoms with Crippen LogP contribution in [0.4, 0.5) is 21.5 Å². The maximum absolute atomic E-state index is 14.8. The zero-order valence-electron chi connectivity index (χ0n) is 28.4. The molecular weight excluding hydrogens is 670 g/mol. The average molecular weight is 700 g/mol. The summed E-state index contributed by atoms with van der Waals surface area (Å²) in [6, 6.07) is 63.5. The Hall–Kier alpha value is -6.69. The molecule has 0 aliphatic rings. The van der Waals surface area contributed by atoms with Crippen molar-refractivity contribution in [1.82, 2.24) is 9.13 Å². The number of thiophene rings is 1. The molecule has 5 heteroatoms. The Morgan fingerprint density at radius 3 is 1.83 bits per heavy atom. The molecule has 0 amide bonds. The van der Waals surface area contributed by atoms with Crippen molar-refractivity contribution in [2.75, 3.05) is 4.90 Å². The van der Waals surface area contributed by atoms with Crippen LogP contribution in [0.15, 0.2) is 182 Å². The molecule has 0 saturated heterocycles. The van der Waals surface area contributed by atoms with Crippen molar-refractivity contribution in [3.63, 3.8) is 0 Å². The maximum Gasteiger partial charge on any atom is 0.125 e. The standard InChI is InChI=1S/C48H30FN3S/c49-31-12-10-15-33(28-31)51-42-20-7-4-16-36(42)38-26-24-35(30-45(38)51)50(34-25-27-47-41(29-34)39-18-6-9-23-46(39)53-47)44-22-11-19-40-37-17-5-8-21-43(37)52(48(40)44)32-13-2-1-3-14-32/h1-30H. The highest BCUT2D eigenvalue weighted by atomic mass is 32.1. The van der Waals surface area contributed by atoms with Crippen LogP contribution in [0.2, 0.25) is 0 Å². The van der Waals surface area contributed by atoms with Gasteiger partial charge in [-0.1, -0.05) is 97.1 Å². The first kappa shape index (κ1) is 30.0. The van der Waals surface area contributed by atoms with E-state index in [1.54, 1.807) is 12.1 Å². The zero-order valence-corrected chi connectivity index (χ0v) is 29.3. The molecule has 0 atom stereocenters. The van der Waals surface area contributed by atoms with Crippen LogP contribution < -0.4 is 4.90 Å². The van der Waals surface area contributed by atoms with Crippen molar-refractivity contribution in [2.45, 2.75) is 0 Å². The largest absolute Gasteiger partial charge is 0.309 e. The predicted octanol–water partition coefficient (Wildman–Crippen LogP) is 13.9. The number of rotatable bonds is 5. The minimum atomic E-state index is -0.261. The van der Waals surface area contributed by atoms with Gasteiger partial charge >= 0.3 is 0 Å². The van der Waals surface area contributed by atoms with Crippen LogP contribution in [-0.2, 0) is 0 Å². The monoisotopic (exact) mass is 699 g/mol. The molecule has 3 nitrogen and oxygen atoms in total. The molecule has 3 aromatic heterocycles. The van der Waals surface area contributed by atoms with E-state index in [4.69, 9.17) is 0 Å². The van der Waals surface area contributed by atoms with Gasteiger partial charge < -0.3 is 14.0 Å². The van der Waals surface area contributed by atoms with Gasteiger partial charge in [-0.25, -0.2) is 4.39 Å². The summed E-state index contributed by atoms with van der Waals surface area (Å²) in [5, 5.41) is 7.12. The first-order valence-corrected chi connectivity index (χ1v) is 18.6. The molecule has 0 saturated carbocycles. The second kappa shape index (κ2) is 11.7. The predicted molar refractivity (Wildman–Crippen MR) is 223 cm³/mol. The van der Waals surface area contributed by atoms with Crippen LogP contribution in [0.3, 0.4) is 0 Å². The molecule has 0 bridgehead atoms. The molecule has 250 valence electrons. The quantitative estimate of drug-likeness (QED) is 0.174. The Kier molecular flexibility index (Phi) is 6.60. The molecule has 0 radical (unpaired) electrons. The summed E-state index contributed by atoms with van der Waals surface area (Å²) in [4.78, 5) is 2.40. The van der Waals surface area contributed by atoms with E-state index in [0.29, 0.717) is 0 Å². The Bertz CT molecular complexity index is 3210. The molecule has 11 aromatic rings. The minimum absolute atomic E-state index is 0.261. The van der Waals surface area contributed by atoms with E-state index in [1.165, 1.54) is 37.0 Å². The van der Waals surface area contributed by atoms with Gasteiger partial charge in [0.25, 0.3) is 0 Å². The number of nitrogens with zero attached hydrogens (tertiary/aromatic N) is 3. The lowest BCUT2D eigenvalue weighted by Crippen LogP contribution is -2.12. The summed E-state index contributed by atoms with van der Waals surface area (Å²) >= 11 is 1.83. The SMILES string of the molecule is Fc1cccc(-n2c3ccccc3c3ccc(N(c4ccc5sc6ccccc6c5c4)c4cccc5c6ccccc6n(-c6ccccc6)c45)cc32)c1. The van der Waals surface area contributed by atoms with E-state index in [0.717, 1.165) is 61.3 Å². The van der Waals surface area contributed by atoms with Crippen LogP contribution in [-0.4, -0.2) is 9.13 Å². The Morgan fingerprint density at radius 1 is 0.396 bits per heavy atom. The van der Waals surface area contributed by atoms with Gasteiger partial charge in [-0.15, -0.1) is 11.3 Å². The van der Waals surface area contributed by atoms with Gasteiger partial charge in [-0.05, 0) is 84.9 Å². The third-order valence-electron chi connectivity index (χ3n) is 10.5. The van der Waals surface area contributed by atoms with Gasteiger partial charge in [0.2, 0.25) is 0 Å². The number of hydrogen-bond donors (Lipinski definition) is 0. The van der Waals surface area contributed by atoms with E-state index in [1.807, 2.05) is 23.5 Å². The highest BCUT2D eigenvalue weighted by molar-refractivity contribution is 7.25. The average Bonchev–Trinajstić information content (AvgIpc) is 3.86. The van der Waals surface area contributed by atoms with E-state index in [-0.39, 0.29) is 5.82 Å². The van der Waals surface area contributed by atoms with Crippen molar-refractivity contribution in [3.8, 4) is 11.4 Å². The van der Waals surface area contributed by atoms with Gasteiger partial charge in [0, 0.05) is 64.5 Å². The number of anilines is 3. The topological polar surface area (TPSA) is 13.1 Å². The lowest BCUT2D eigenvalue weighted by molar-refractivity contribution is 0.627. The number of halogens is 1. The number of hydrogen-bond acceptors (Lipinski definition) is 2. The highest BCUT2D eigenvalue weighted by Crippen LogP contribution is 2.46. The summed E-state index contributed by atoms with van der Waals surface area (Å²) in [5.41, 5.74) is 9.36. The summed E-state index contributed by atoms with van der Waals surface area (Å²) < 4.78 is 21.9. The smallest absolute Gasteiger partial charge is 0.125 e. The molecule has 0 spiro atoms. The van der Waals surface area contributed by atoms with Gasteiger partial charge in [0.05, 0.1) is 27.8 Å². The Balaban J connectivity index is 1.26. The van der Waals surface area contributed by atoms with E-state index in [9.17, 15) is 4.39 Å². The van der Waals surface area contributed by atoms with Crippen LogP contribution in [0.1, 0.15) is 0 Å². The number of fused-ring (bicyclic) bond motifs is 9. The molecule has 53 heavy (non-hydrogen) atoms. The minimum Gasteiger partial charge on any atom is -0.309 e. The van der Waals surface area contributed by atoms with E-state index >= 15 is 0 Å². The highest BCUT2D eigenvalue weighted by Gasteiger charge is 2.23. The van der Waals surface area contributed by atoms with Crippen LogP contribution >= 0.6 is 11.3 Å². The van der Waals surface area contributed by atoms with Crippen LogP contribution in [0.5, 0.6) is 0 Å². The molecule has 0 unspecified atom stereocenters. The third kappa shape index (κ3) is 4.57. The molecule has 11 rings (SSSR count). The lowest BCUT2D eigenvalue weighted by atomic mass is 10.1. The maximum atomic E-state index is 14.8. The molecule has 0 fully saturated rings. The van der Waals surface area contributed by atoms with Crippen LogP contribution in [0, 0.1) is 5.82 Å². The van der Waals surface area contributed by atoms with E-state index in [2.05, 4.69) is 166 Å². The fourth-order valence-electron chi connectivity index (χ4n) is 8.30. The normalized spacial score (nSPS) is 11.9. The first-order chi connectivity index (χ1) is 26.2. The number of aromatic nitrogens is 2. The first-order valence-electron chi connectivity index (χ1n) is 17.8. The fourth-order valence-corrected chi connectivity index (χ4v) is 9.38. The lowest BCUT2D eigenvalue weighted by Gasteiger charge is -2.27. The van der Waals surface area contributed by atoms with Crippen molar-refractivity contribution in [3.05, 3.63) is 188 Å². The molecule has 3 heterocycles. The molecule has 8 aromatic carbocycles. The van der Waals surface area contributed by atoms with Crippen molar-refractivity contribution >= 4 is 92.2 Å². The fraction of sp³-hybridized carbons (Fsp3) is 0. The zero-order chi connectivity index (χ0) is 35.0. The molecular formula is C48H30FN3S. The summed E-state index contributed by atoms with van der Waals surface area (Å²) in [6.45, 7) is 0. The summed E-state index contributed by atoms with van der Waals surface area (Å²) in [6.07, 6.45) is 0. The third-order valence-corrected chi connectivity index (χ3v) is 11.7. The second-order valence-corrected chi connectivity index (χ2v) is 14.6. The van der Waals surface area contributed by atoms with E-state index < -0.39 is 0 Å². The Labute approximate surface area is 308 Å².